The molecule has 6 heteroatoms. The van der Waals surface area contributed by atoms with Crippen molar-refractivity contribution >= 4 is 17.5 Å². The molecule has 1 atom stereocenters. The normalized spacial score (nSPS) is 15.8. The van der Waals surface area contributed by atoms with Crippen LogP contribution in [0.1, 0.15) is 25.3 Å². The third-order valence-electron chi connectivity index (χ3n) is 3.16. The fourth-order valence-electron chi connectivity index (χ4n) is 1.77. The Morgan fingerprint density at radius 3 is 2.80 bits per heavy atom. The molecule has 3 N–H and O–H groups in total. The van der Waals surface area contributed by atoms with E-state index in [4.69, 9.17) is 26.8 Å². The largest absolute Gasteiger partial charge is 0.493 e. The smallest absolute Gasteiger partial charge is 0.258 e. The van der Waals surface area contributed by atoms with Crippen LogP contribution in [0.5, 0.6) is 11.5 Å². The van der Waals surface area contributed by atoms with Crippen molar-refractivity contribution in [1.82, 2.24) is 5.32 Å². The summed E-state index contributed by atoms with van der Waals surface area (Å²) in [6.45, 7) is 2.30. The van der Waals surface area contributed by atoms with E-state index in [1.807, 2.05) is 12.1 Å². The summed E-state index contributed by atoms with van der Waals surface area (Å²) >= 11 is 6.21. The number of hydrogen-bond acceptors (Lipinski definition) is 4. The number of nitrogens with two attached hydrogens (primary N) is 1. The van der Waals surface area contributed by atoms with E-state index >= 15 is 0 Å². The van der Waals surface area contributed by atoms with Crippen molar-refractivity contribution in [3.8, 4) is 11.5 Å². The summed E-state index contributed by atoms with van der Waals surface area (Å²) in [6.07, 6.45) is 1.68. The van der Waals surface area contributed by atoms with E-state index in [0.717, 1.165) is 12.1 Å². The van der Waals surface area contributed by atoms with Crippen LogP contribution in [0.4, 0.5) is 0 Å². The van der Waals surface area contributed by atoms with Crippen LogP contribution in [0.3, 0.4) is 0 Å². The van der Waals surface area contributed by atoms with Crippen molar-refractivity contribution in [2.45, 2.75) is 38.5 Å². The molecule has 0 aliphatic heterocycles. The molecule has 1 aromatic rings. The fraction of sp³-hybridized carbons (Fsp3) is 0.500. The number of carbonyl (C=O) groups is 1. The van der Waals surface area contributed by atoms with E-state index in [-0.39, 0.29) is 0 Å². The number of rotatable bonds is 7. The van der Waals surface area contributed by atoms with E-state index < -0.39 is 12.0 Å². The van der Waals surface area contributed by atoms with Crippen LogP contribution in [0.25, 0.3) is 0 Å². The van der Waals surface area contributed by atoms with Crippen LogP contribution < -0.4 is 20.5 Å². The van der Waals surface area contributed by atoms with Gasteiger partial charge in [-0.15, -0.1) is 0 Å². The number of primary amides is 1. The molecule has 5 nitrogen and oxygen atoms in total. The number of nitrogens with one attached hydrogen (secondary N) is 1. The summed E-state index contributed by atoms with van der Waals surface area (Å²) in [4.78, 5) is 11.1. The number of amides is 1. The minimum atomic E-state index is -0.767. The molecule has 2 rings (SSSR count). The molecule has 1 amide bonds. The van der Waals surface area contributed by atoms with Crippen molar-refractivity contribution < 1.29 is 14.3 Å². The van der Waals surface area contributed by atoms with Crippen molar-refractivity contribution in [2.75, 3.05) is 7.11 Å². The molecule has 0 spiro atoms. The standard InChI is InChI=1S/C14H19ClN2O3/c1-8(14(16)18)20-13-11(15)5-9(6-12(13)19-2)7-17-10-3-4-10/h5-6,8,10,17H,3-4,7H2,1-2H3,(H2,16,18). The molecule has 1 unspecified atom stereocenters. The van der Waals surface area contributed by atoms with E-state index in [1.165, 1.54) is 20.0 Å². The third kappa shape index (κ3) is 3.77. The molecule has 1 aromatic carbocycles. The molecular formula is C14H19ClN2O3. The lowest BCUT2D eigenvalue weighted by Crippen LogP contribution is -2.30. The third-order valence-corrected chi connectivity index (χ3v) is 3.44. The van der Waals surface area contributed by atoms with E-state index in [9.17, 15) is 4.79 Å². The highest BCUT2D eigenvalue weighted by Gasteiger charge is 2.21. The van der Waals surface area contributed by atoms with Gasteiger partial charge in [-0.25, -0.2) is 0 Å². The molecule has 110 valence electrons. The minimum absolute atomic E-state index is 0.343. The molecule has 0 radical (unpaired) electrons. The molecule has 1 fully saturated rings. The lowest BCUT2D eigenvalue weighted by molar-refractivity contribution is -0.124. The monoisotopic (exact) mass is 298 g/mol. The summed E-state index contributed by atoms with van der Waals surface area (Å²) in [5.74, 6) is 0.288. The molecule has 0 aromatic heterocycles. The topological polar surface area (TPSA) is 73.6 Å². The Labute approximate surface area is 123 Å². The summed E-state index contributed by atoms with van der Waals surface area (Å²) in [5.41, 5.74) is 6.20. The SMILES string of the molecule is COc1cc(CNC2CC2)cc(Cl)c1OC(C)C(N)=O. The van der Waals surface area contributed by atoms with Crippen LogP contribution in [0.15, 0.2) is 12.1 Å². The zero-order valence-electron chi connectivity index (χ0n) is 11.6. The molecule has 20 heavy (non-hydrogen) atoms. The van der Waals surface area contributed by atoms with E-state index in [1.54, 1.807) is 6.92 Å². The molecular weight excluding hydrogens is 280 g/mol. The first-order chi connectivity index (χ1) is 9.51. The fourth-order valence-corrected chi connectivity index (χ4v) is 2.05. The lowest BCUT2D eigenvalue weighted by Gasteiger charge is -2.17. The van der Waals surface area contributed by atoms with Gasteiger partial charge >= 0.3 is 0 Å². The second-order valence-corrected chi connectivity index (χ2v) is 5.33. The van der Waals surface area contributed by atoms with Crippen molar-refractivity contribution in [2.24, 2.45) is 5.73 Å². The highest BCUT2D eigenvalue weighted by Crippen LogP contribution is 2.37. The van der Waals surface area contributed by atoms with Crippen molar-refractivity contribution in [3.05, 3.63) is 22.7 Å². The summed E-state index contributed by atoms with van der Waals surface area (Å²) in [6, 6.07) is 4.28. The van der Waals surface area contributed by atoms with Gasteiger partial charge in [-0.2, -0.15) is 0 Å². The van der Waals surface area contributed by atoms with Gasteiger partial charge in [0.05, 0.1) is 12.1 Å². The van der Waals surface area contributed by atoms with Gasteiger partial charge in [-0.1, -0.05) is 11.6 Å². The van der Waals surface area contributed by atoms with Gasteiger partial charge in [0.2, 0.25) is 0 Å². The van der Waals surface area contributed by atoms with E-state index in [2.05, 4.69) is 5.32 Å². The first-order valence-electron chi connectivity index (χ1n) is 6.57. The Kier molecular flexibility index (Phi) is 4.73. The van der Waals surface area contributed by atoms with Crippen LogP contribution in [-0.2, 0) is 11.3 Å². The maximum atomic E-state index is 11.1. The second kappa shape index (κ2) is 6.33. The number of halogens is 1. The van der Waals surface area contributed by atoms with Crippen molar-refractivity contribution in [3.63, 3.8) is 0 Å². The first kappa shape index (κ1) is 14.9. The number of carbonyl (C=O) groups excluding carboxylic acids is 1. The van der Waals surface area contributed by atoms with Crippen LogP contribution in [0.2, 0.25) is 5.02 Å². The number of benzene rings is 1. The van der Waals surface area contributed by atoms with Gasteiger partial charge in [0.1, 0.15) is 0 Å². The van der Waals surface area contributed by atoms with Crippen LogP contribution >= 0.6 is 11.6 Å². The van der Waals surface area contributed by atoms with Gasteiger partial charge in [0.15, 0.2) is 17.6 Å². The molecule has 0 bridgehead atoms. The Balaban J connectivity index is 2.15. The van der Waals surface area contributed by atoms with Gasteiger partial charge < -0.3 is 20.5 Å². The average molecular weight is 299 g/mol. The molecule has 1 aliphatic carbocycles. The highest BCUT2D eigenvalue weighted by atomic mass is 35.5. The zero-order chi connectivity index (χ0) is 14.7. The predicted molar refractivity (Wildman–Crippen MR) is 77.2 cm³/mol. The quantitative estimate of drug-likeness (QED) is 0.806. The average Bonchev–Trinajstić information content (AvgIpc) is 3.22. The van der Waals surface area contributed by atoms with Gasteiger partial charge in [0.25, 0.3) is 5.91 Å². The number of methoxy groups -OCH3 is 1. The second-order valence-electron chi connectivity index (χ2n) is 4.93. The van der Waals surface area contributed by atoms with Crippen LogP contribution in [0, 0.1) is 0 Å². The maximum Gasteiger partial charge on any atom is 0.258 e. The molecule has 0 heterocycles. The predicted octanol–water partition coefficient (Wildman–Crippen LogP) is 1.85. The lowest BCUT2D eigenvalue weighted by atomic mass is 10.2. The van der Waals surface area contributed by atoms with E-state index in [0.29, 0.717) is 22.6 Å². The van der Waals surface area contributed by atoms with Gasteiger partial charge in [-0.3, -0.25) is 4.79 Å². The Bertz CT molecular complexity index is 503. The van der Waals surface area contributed by atoms with Crippen LogP contribution in [-0.4, -0.2) is 25.2 Å². The van der Waals surface area contributed by atoms with Gasteiger partial charge in [0, 0.05) is 12.6 Å². The Morgan fingerprint density at radius 2 is 2.25 bits per heavy atom. The summed E-state index contributed by atoms with van der Waals surface area (Å²) < 4.78 is 10.8. The molecule has 0 saturated heterocycles. The van der Waals surface area contributed by atoms with Gasteiger partial charge in [-0.05, 0) is 37.5 Å². The number of hydrogen-bond donors (Lipinski definition) is 2. The first-order valence-corrected chi connectivity index (χ1v) is 6.94. The summed E-state index contributed by atoms with van der Waals surface area (Å²) in [5, 5.41) is 3.81. The number of ether oxygens (including phenoxy) is 2. The molecule has 1 aliphatic rings. The maximum absolute atomic E-state index is 11.1. The highest BCUT2D eigenvalue weighted by molar-refractivity contribution is 6.32. The Morgan fingerprint density at radius 1 is 1.55 bits per heavy atom. The minimum Gasteiger partial charge on any atom is -0.493 e. The molecule has 1 saturated carbocycles. The Hall–Kier alpha value is -1.46. The summed E-state index contributed by atoms with van der Waals surface area (Å²) in [7, 11) is 1.53. The van der Waals surface area contributed by atoms with Crippen molar-refractivity contribution in [1.29, 1.82) is 0 Å². The zero-order valence-corrected chi connectivity index (χ0v) is 12.4.